The molecule has 2 nitrogen and oxygen atoms in total. The molecule has 1 aromatic rings. The van der Waals surface area contributed by atoms with Gasteiger partial charge < -0.3 is 0 Å². The van der Waals surface area contributed by atoms with Gasteiger partial charge in [0, 0.05) is 17.3 Å². The fourth-order valence-electron chi connectivity index (χ4n) is 1.17. The summed E-state index contributed by atoms with van der Waals surface area (Å²) >= 11 is 0. The van der Waals surface area contributed by atoms with E-state index in [1.165, 1.54) is 0 Å². The highest BCUT2D eigenvalue weighted by atomic mass is 16.1. The van der Waals surface area contributed by atoms with Gasteiger partial charge in [-0.05, 0) is 32.4 Å². The second-order valence-corrected chi connectivity index (χ2v) is 3.49. The summed E-state index contributed by atoms with van der Waals surface area (Å²) in [5.41, 5.74) is 2.01. The molecule has 0 aliphatic rings. The monoisotopic (exact) mass is 177 g/mol. The van der Waals surface area contributed by atoms with E-state index in [0.717, 1.165) is 17.8 Å². The van der Waals surface area contributed by atoms with Gasteiger partial charge in [0.15, 0.2) is 0 Å². The van der Waals surface area contributed by atoms with Crippen LogP contribution >= 0.6 is 0 Å². The van der Waals surface area contributed by atoms with Crippen molar-refractivity contribution in [1.29, 1.82) is 0 Å². The van der Waals surface area contributed by atoms with E-state index < -0.39 is 0 Å². The molecule has 0 saturated carbocycles. The summed E-state index contributed by atoms with van der Waals surface area (Å²) in [5, 5.41) is 0. The Morgan fingerprint density at radius 2 is 2.23 bits per heavy atom. The lowest BCUT2D eigenvalue weighted by Crippen LogP contribution is -2.10. The van der Waals surface area contributed by atoms with E-state index >= 15 is 0 Å². The van der Waals surface area contributed by atoms with E-state index in [2.05, 4.69) is 4.98 Å². The molecule has 1 rings (SSSR count). The van der Waals surface area contributed by atoms with Crippen LogP contribution in [0, 0.1) is 12.8 Å². The first-order valence-corrected chi connectivity index (χ1v) is 4.52. The first kappa shape index (κ1) is 9.90. The maximum absolute atomic E-state index is 11.0. The van der Waals surface area contributed by atoms with Crippen molar-refractivity contribution in [1.82, 2.24) is 4.98 Å². The number of rotatable bonds is 3. The summed E-state index contributed by atoms with van der Waals surface area (Å²) < 4.78 is 0. The Balaban J connectivity index is 2.69. The normalized spacial score (nSPS) is 12.5. The van der Waals surface area contributed by atoms with Crippen LogP contribution < -0.4 is 0 Å². The predicted molar refractivity (Wildman–Crippen MR) is 52.5 cm³/mol. The molecular weight excluding hydrogens is 162 g/mol. The minimum absolute atomic E-state index is 0.0781. The molecule has 0 radical (unpaired) electrons. The van der Waals surface area contributed by atoms with Crippen molar-refractivity contribution in [3.63, 3.8) is 0 Å². The standard InChI is InChI=1S/C11H15NO/c1-8(10(3)13)7-11-6-4-5-9(2)12-11/h4-6,8H,7H2,1-3H3. The summed E-state index contributed by atoms with van der Waals surface area (Å²) in [6.45, 7) is 5.52. The Morgan fingerprint density at radius 3 is 2.77 bits per heavy atom. The van der Waals surface area contributed by atoms with Gasteiger partial charge in [-0.1, -0.05) is 13.0 Å². The Morgan fingerprint density at radius 1 is 1.54 bits per heavy atom. The molecule has 0 spiro atoms. The number of ketones is 1. The number of nitrogens with zero attached hydrogens (tertiary/aromatic N) is 1. The molecule has 0 fully saturated rings. The van der Waals surface area contributed by atoms with Crippen LogP contribution in [0.4, 0.5) is 0 Å². The highest BCUT2D eigenvalue weighted by Gasteiger charge is 2.08. The molecule has 1 unspecified atom stereocenters. The highest BCUT2D eigenvalue weighted by Crippen LogP contribution is 2.07. The molecule has 0 aliphatic carbocycles. The van der Waals surface area contributed by atoms with E-state index in [9.17, 15) is 4.79 Å². The molecule has 0 amide bonds. The second-order valence-electron chi connectivity index (χ2n) is 3.49. The predicted octanol–water partition coefficient (Wildman–Crippen LogP) is 2.16. The van der Waals surface area contributed by atoms with Crippen molar-refractivity contribution in [2.45, 2.75) is 27.2 Å². The number of pyridine rings is 1. The van der Waals surface area contributed by atoms with E-state index in [1.54, 1.807) is 6.92 Å². The Bertz CT molecular complexity index is 307. The van der Waals surface area contributed by atoms with E-state index in [4.69, 9.17) is 0 Å². The van der Waals surface area contributed by atoms with Gasteiger partial charge in [-0.2, -0.15) is 0 Å². The molecule has 0 aliphatic heterocycles. The number of hydrogen-bond acceptors (Lipinski definition) is 2. The Kier molecular flexibility index (Phi) is 3.18. The van der Waals surface area contributed by atoms with Crippen LogP contribution in [-0.2, 0) is 11.2 Å². The van der Waals surface area contributed by atoms with Crippen LogP contribution in [0.5, 0.6) is 0 Å². The number of hydrogen-bond donors (Lipinski definition) is 0. The number of carbonyl (C=O) groups excluding carboxylic acids is 1. The third kappa shape index (κ3) is 2.98. The zero-order valence-electron chi connectivity index (χ0n) is 8.37. The van der Waals surface area contributed by atoms with Gasteiger partial charge in [0.2, 0.25) is 0 Å². The van der Waals surface area contributed by atoms with Crippen molar-refractivity contribution in [2.75, 3.05) is 0 Å². The van der Waals surface area contributed by atoms with Gasteiger partial charge >= 0.3 is 0 Å². The quantitative estimate of drug-likeness (QED) is 0.708. The van der Waals surface area contributed by atoms with Crippen molar-refractivity contribution in [2.24, 2.45) is 5.92 Å². The number of carbonyl (C=O) groups is 1. The molecule has 0 saturated heterocycles. The van der Waals surface area contributed by atoms with Crippen molar-refractivity contribution in [3.8, 4) is 0 Å². The van der Waals surface area contributed by atoms with Crippen molar-refractivity contribution >= 4 is 5.78 Å². The lowest BCUT2D eigenvalue weighted by molar-refractivity contribution is -0.120. The summed E-state index contributed by atoms with van der Waals surface area (Å²) in [6.07, 6.45) is 0.747. The lowest BCUT2D eigenvalue weighted by atomic mass is 10.0. The van der Waals surface area contributed by atoms with Gasteiger partial charge in [0.1, 0.15) is 5.78 Å². The van der Waals surface area contributed by atoms with Crippen LogP contribution in [0.15, 0.2) is 18.2 Å². The number of aryl methyl sites for hydroxylation is 1. The maximum Gasteiger partial charge on any atom is 0.133 e. The molecule has 70 valence electrons. The van der Waals surface area contributed by atoms with Gasteiger partial charge in [-0.3, -0.25) is 9.78 Å². The molecule has 1 aromatic heterocycles. The van der Waals surface area contributed by atoms with Crippen LogP contribution in [-0.4, -0.2) is 10.8 Å². The zero-order valence-corrected chi connectivity index (χ0v) is 8.37. The van der Waals surface area contributed by atoms with Gasteiger partial charge in [-0.25, -0.2) is 0 Å². The Hall–Kier alpha value is -1.18. The molecule has 0 N–H and O–H groups in total. The summed E-state index contributed by atoms with van der Waals surface area (Å²) in [5.74, 6) is 0.303. The fourth-order valence-corrected chi connectivity index (χ4v) is 1.17. The average Bonchev–Trinajstić information content (AvgIpc) is 2.04. The van der Waals surface area contributed by atoms with Crippen LogP contribution in [0.1, 0.15) is 25.2 Å². The molecule has 2 heteroatoms. The Labute approximate surface area is 79.0 Å². The third-order valence-corrected chi connectivity index (χ3v) is 2.16. The van der Waals surface area contributed by atoms with Crippen molar-refractivity contribution in [3.05, 3.63) is 29.6 Å². The first-order valence-electron chi connectivity index (χ1n) is 4.52. The maximum atomic E-state index is 11.0. The molecule has 1 atom stereocenters. The van der Waals surface area contributed by atoms with Crippen molar-refractivity contribution < 1.29 is 4.79 Å². The first-order chi connectivity index (χ1) is 6.09. The van der Waals surface area contributed by atoms with Gasteiger partial charge in [0.05, 0.1) is 0 Å². The molecule has 13 heavy (non-hydrogen) atoms. The number of Topliss-reactive ketones (excluding diaryl/α,β-unsaturated/α-hetero) is 1. The van der Waals surface area contributed by atoms with E-state index in [-0.39, 0.29) is 11.7 Å². The third-order valence-electron chi connectivity index (χ3n) is 2.16. The van der Waals surface area contributed by atoms with E-state index in [0.29, 0.717) is 0 Å². The lowest BCUT2D eigenvalue weighted by Gasteiger charge is -2.06. The average molecular weight is 177 g/mol. The summed E-state index contributed by atoms with van der Waals surface area (Å²) in [7, 11) is 0. The summed E-state index contributed by atoms with van der Waals surface area (Å²) in [4.78, 5) is 15.3. The smallest absolute Gasteiger partial charge is 0.133 e. The van der Waals surface area contributed by atoms with E-state index in [1.807, 2.05) is 32.0 Å². The van der Waals surface area contributed by atoms with Crippen LogP contribution in [0.25, 0.3) is 0 Å². The minimum Gasteiger partial charge on any atom is -0.300 e. The largest absolute Gasteiger partial charge is 0.300 e. The second kappa shape index (κ2) is 4.17. The summed E-state index contributed by atoms with van der Waals surface area (Å²) in [6, 6.07) is 5.90. The van der Waals surface area contributed by atoms with Gasteiger partial charge in [0.25, 0.3) is 0 Å². The SMILES string of the molecule is CC(=O)C(C)Cc1cccc(C)n1. The molecule has 1 heterocycles. The zero-order chi connectivity index (χ0) is 9.84. The highest BCUT2D eigenvalue weighted by molar-refractivity contribution is 5.78. The fraction of sp³-hybridized carbons (Fsp3) is 0.455. The van der Waals surface area contributed by atoms with Crippen LogP contribution in [0.3, 0.4) is 0 Å². The van der Waals surface area contributed by atoms with Crippen LogP contribution in [0.2, 0.25) is 0 Å². The molecular formula is C11H15NO. The van der Waals surface area contributed by atoms with Gasteiger partial charge in [-0.15, -0.1) is 0 Å². The number of aromatic nitrogens is 1. The molecule has 0 bridgehead atoms. The minimum atomic E-state index is 0.0781. The topological polar surface area (TPSA) is 30.0 Å². The molecule has 0 aromatic carbocycles.